The number of nitriles is 1. The summed E-state index contributed by atoms with van der Waals surface area (Å²) in [7, 11) is 1.95. The first-order valence-electron chi connectivity index (χ1n) is 9.99. The summed E-state index contributed by atoms with van der Waals surface area (Å²) in [6.45, 7) is 7.24. The first-order valence-corrected chi connectivity index (χ1v) is 9.99. The number of rotatable bonds is 0. The van der Waals surface area contributed by atoms with Gasteiger partial charge in [0.2, 0.25) is 5.91 Å². The summed E-state index contributed by atoms with van der Waals surface area (Å²) in [5, 5.41) is 10.0. The molecule has 3 heteroatoms. The molecule has 1 saturated heterocycles. The molecule has 132 valence electrons. The van der Waals surface area contributed by atoms with Crippen LogP contribution in [0.3, 0.4) is 0 Å². The molecule has 4 fully saturated rings. The second kappa shape index (κ2) is 5.23. The Morgan fingerprint density at radius 3 is 2.62 bits per heavy atom. The van der Waals surface area contributed by atoms with E-state index in [1.54, 1.807) is 0 Å². The van der Waals surface area contributed by atoms with Crippen LogP contribution in [-0.2, 0) is 4.79 Å². The van der Waals surface area contributed by atoms with E-state index in [0.29, 0.717) is 29.6 Å². The minimum absolute atomic E-state index is 0.00606. The molecule has 1 amide bonds. The Morgan fingerprint density at radius 2 is 1.92 bits per heavy atom. The van der Waals surface area contributed by atoms with Crippen molar-refractivity contribution in [3.05, 3.63) is 0 Å². The third-order valence-corrected chi connectivity index (χ3v) is 8.99. The van der Waals surface area contributed by atoms with Gasteiger partial charge < -0.3 is 4.90 Å². The Labute approximate surface area is 146 Å². The van der Waals surface area contributed by atoms with Crippen molar-refractivity contribution in [2.24, 2.45) is 40.4 Å². The van der Waals surface area contributed by atoms with Gasteiger partial charge in [-0.1, -0.05) is 27.2 Å². The highest BCUT2D eigenvalue weighted by atomic mass is 16.2. The molecule has 4 rings (SSSR count). The fourth-order valence-corrected chi connectivity index (χ4v) is 7.76. The molecule has 0 aromatic rings. The highest BCUT2D eigenvalue weighted by Gasteiger charge is 2.64. The zero-order chi connectivity index (χ0) is 17.3. The van der Waals surface area contributed by atoms with Gasteiger partial charge in [0.1, 0.15) is 0 Å². The highest BCUT2D eigenvalue weighted by molar-refractivity contribution is 5.77. The molecule has 0 aromatic heterocycles. The Bertz CT molecular complexity index is 595. The quantitative estimate of drug-likeness (QED) is 0.668. The number of piperidine rings is 1. The lowest BCUT2D eigenvalue weighted by Crippen LogP contribution is -2.66. The third kappa shape index (κ3) is 1.92. The number of fused-ring (bicyclic) bond motifs is 5. The molecule has 3 nitrogen and oxygen atoms in total. The van der Waals surface area contributed by atoms with Crippen molar-refractivity contribution in [2.75, 3.05) is 7.05 Å². The molecule has 3 unspecified atom stereocenters. The van der Waals surface area contributed by atoms with Crippen LogP contribution in [-0.4, -0.2) is 23.9 Å². The summed E-state index contributed by atoms with van der Waals surface area (Å²) in [5.41, 5.74) is 0.638. The normalized spacial score (nSPS) is 53.8. The molecule has 8 atom stereocenters. The van der Waals surface area contributed by atoms with Crippen LogP contribution in [0.2, 0.25) is 0 Å². The van der Waals surface area contributed by atoms with Gasteiger partial charge in [-0.15, -0.1) is 0 Å². The standard InChI is InChI=1S/C21H32N2O/c1-13-14(12-22)19-21(3,11-8-17(24)23(19)4)16-7-10-20(2)9-5-6-15(20)18(13)16/h13-16,18-19H,5-11H2,1-4H3/t13?,14?,15-,16+,18-,19?,20-,21+/m0/s1. The molecule has 0 N–H and O–H groups in total. The van der Waals surface area contributed by atoms with Crippen LogP contribution in [0, 0.1) is 51.8 Å². The molecule has 1 aliphatic heterocycles. The van der Waals surface area contributed by atoms with Crippen LogP contribution in [0.25, 0.3) is 0 Å². The monoisotopic (exact) mass is 328 g/mol. The first-order chi connectivity index (χ1) is 11.3. The Balaban J connectivity index is 1.79. The van der Waals surface area contributed by atoms with Gasteiger partial charge in [0.15, 0.2) is 0 Å². The van der Waals surface area contributed by atoms with Crippen LogP contribution in [0.5, 0.6) is 0 Å². The van der Waals surface area contributed by atoms with Gasteiger partial charge in [-0.2, -0.15) is 5.26 Å². The van der Waals surface area contributed by atoms with Crippen molar-refractivity contribution in [2.45, 2.75) is 71.8 Å². The molecule has 24 heavy (non-hydrogen) atoms. The topological polar surface area (TPSA) is 44.1 Å². The smallest absolute Gasteiger partial charge is 0.222 e. The lowest BCUT2D eigenvalue weighted by molar-refractivity contribution is -0.173. The van der Waals surface area contributed by atoms with E-state index >= 15 is 0 Å². The van der Waals surface area contributed by atoms with Crippen molar-refractivity contribution < 1.29 is 4.79 Å². The van der Waals surface area contributed by atoms with Crippen molar-refractivity contribution in [3.63, 3.8) is 0 Å². The summed E-state index contributed by atoms with van der Waals surface area (Å²) in [6, 6.07) is 2.78. The molecule has 0 bridgehead atoms. The maximum atomic E-state index is 12.4. The van der Waals surface area contributed by atoms with Crippen molar-refractivity contribution in [1.29, 1.82) is 5.26 Å². The predicted octanol–water partition coefficient (Wildman–Crippen LogP) is 4.24. The Hall–Kier alpha value is -1.04. The van der Waals surface area contributed by atoms with E-state index in [2.05, 4.69) is 26.8 Å². The first kappa shape index (κ1) is 16.4. The molecule has 0 spiro atoms. The fourth-order valence-electron chi connectivity index (χ4n) is 7.76. The SMILES string of the molecule is CC1C(C#N)C2N(C)C(=O)CC[C@]2(C)[C@@H]2CC[C@]3(C)CCC[C@H]3[C@H]12. The predicted molar refractivity (Wildman–Crippen MR) is 93.8 cm³/mol. The molecular formula is C21H32N2O. The zero-order valence-corrected chi connectivity index (χ0v) is 15.7. The van der Waals surface area contributed by atoms with Gasteiger partial charge in [0.05, 0.1) is 18.0 Å². The summed E-state index contributed by atoms with van der Waals surface area (Å²) in [6.07, 6.45) is 8.40. The van der Waals surface area contributed by atoms with E-state index in [9.17, 15) is 10.1 Å². The van der Waals surface area contributed by atoms with E-state index in [0.717, 1.165) is 12.3 Å². The highest BCUT2D eigenvalue weighted by Crippen LogP contribution is 2.66. The summed E-state index contributed by atoms with van der Waals surface area (Å²) in [4.78, 5) is 14.3. The number of hydrogen-bond donors (Lipinski definition) is 0. The van der Waals surface area contributed by atoms with E-state index in [1.807, 2.05) is 11.9 Å². The Kier molecular flexibility index (Phi) is 3.58. The van der Waals surface area contributed by atoms with Crippen molar-refractivity contribution in [1.82, 2.24) is 4.90 Å². The van der Waals surface area contributed by atoms with Crippen molar-refractivity contribution in [3.8, 4) is 6.07 Å². The largest absolute Gasteiger partial charge is 0.341 e. The Morgan fingerprint density at radius 1 is 1.17 bits per heavy atom. The molecule has 1 heterocycles. The average molecular weight is 329 g/mol. The van der Waals surface area contributed by atoms with Gasteiger partial charge in [-0.3, -0.25) is 4.79 Å². The molecular weight excluding hydrogens is 296 g/mol. The maximum absolute atomic E-state index is 12.4. The van der Waals surface area contributed by atoms with Gasteiger partial charge in [0.25, 0.3) is 0 Å². The van der Waals surface area contributed by atoms with Crippen LogP contribution in [0.15, 0.2) is 0 Å². The van der Waals surface area contributed by atoms with E-state index in [-0.39, 0.29) is 23.3 Å². The maximum Gasteiger partial charge on any atom is 0.222 e. The summed E-state index contributed by atoms with van der Waals surface area (Å²) in [5.74, 6) is 2.81. The summed E-state index contributed by atoms with van der Waals surface area (Å²) >= 11 is 0. The van der Waals surface area contributed by atoms with Gasteiger partial charge in [-0.05, 0) is 66.6 Å². The van der Waals surface area contributed by atoms with E-state index in [4.69, 9.17) is 0 Å². The second-order valence-electron chi connectivity index (χ2n) is 9.84. The van der Waals surface area contributed by atoms with Crippen LogP contribution in [0.1, 0.15) is 65.7 Å². The zero-order valence-electron chi connectivity index (χ0n) is 15.7. The number of carbonyl (C=O) groups excluding carboxylic acids is 1. The number of amides is 1. The third-order valence-electron chi connectivity index (χ3n) is 8.99. The van der Waals surface area contributed by atoms with Gasteiger partial charge in [0, 0.05) is 13.5 Å². The minimum atomic E-state index is -0.00606. The van der Waals surface area contributed by atoms with E-state index in [1.165, 1.54) is 32.1 Å². The average Bonchev–Trinajstić information content (AvgIpc) is 2.95. The second-order valence-corrected chi connectivity index (χ2v) is 9.84. The lowest BCUT2D eigenvalue weighted by Gasteiger charge is -2.64. The molecule has 0 radical (unpaired) electrons. The van der Waals surface area contributed by atoms with Gasteiger partial charge >= 0.3 is 0 Å². The number of hydrogen-bond acceptors (Lipinski definition) is 2. The fraction of sp³-hybridized carbons (Fsp3) is 0.905. The number of carbonyl (C=O) groups is 1. The van der Waals surface area contributed by atoms with Crippen molar-refractivity contribution >= 4 is 5.91 Å². The van der Waals surface area contributed by atoms with Gasteiger partial charge in [-0.25, -0.2) is 0 Å². The van der Waals surface area contributed by atoms with Crippen LogP contribution >= 0.6 is 0 Å². The molecule has 4 aliphatic rings. The molecule has 3 saturated carbocycles. The van der Waals surface area contributed by atoms with Crippen LogP contribution in [0.4, 0.5) is 0 Å². The number of likely N-dealkylation sites (tertiary alicyclic amines) is 1. The van der Waals surface area contributed by atoms with Crippen LogP contribution < -0.4 is 0 Å². The molecule has 3 aliphatic carbocycles. The number of nitrogens with zero attached hydrogens (tertiary/aromatic N) is 2. The van der Waals surface area contributed by atoms with E-state index < -0.39 is 0 Å². The minimum Gasteiger partial charge on any atom is -0.341 e. The summed E-state index contributed by atoms with van der Waals surface area (Å²) < 4.78 is 0. The lowest BCUT2D eigenvalue weighted by atomic mass is 9.43. The molecule has 0 aromatic carbocycles.